The van der Waals surface area contributed by atoms with Crippen molar-refractivity contribution in [3.8, 4) is 17.2 Å². The van der Waals surface area contributed by atoms with Gasteiger partial charge in [0.2, 0.25) is 0 Å². The van der Waals surface area contributed by atoms with Crippen LogP contribution in [0.15, 0.2) is 71.6 Å². The Morgan fingerprint density at radius 2 is 1.44 bits per heavy atom. The second kappa shape index (κ2) is 27.2. The number of anilines is 3. The van der Waals surface area contributed by atoms with Crippen molar-refractivity contribution in [2.75, 3.05) is 62.3 Å². The van der Waals surface area contributed by atoms with E-state index in [0.717, 1.165) is 59.9 Å². The molecule has 1 aliphatic rings. The Morgan fingerprint density at radius 1 is 0.759 bits per heavy atom. The smallest absolute Gasteiger partial charge is 0.132 e. The second-order valence-corrected chi connectivity index (χ2v) is 15.4. The molecule has 3 aromatic carbocycles. The molecule has 2 N–H and O–H groups in total. The first-order valence-corrected chi connectivity index (χ1v) is 22.0. The average molecular weight is 762 g/mol. The molecule has 4 rings (SSSR count). The van der Waals surface area contributed by atoms with E-state index in [1.54, 1.807) is 18.9 Å². The van der Waals surface area contributed by atoms with Gasteiger partial charge in [-0.3, -0.25) is 0 Å². The van der Waals surface area contributed by atoms with E-state index >= 15 is 0 Å². The van der Waals surface area contributed by atoms with Crippen molar-refractivity contribution in [2.45, 2.75) is 130 Å². The van der Waals surface area contributed by atoms with Crippen molar-refractivity contribution in [3.63, 3.8) is 0 Å². The summed E-state index contributed by atoms with van der Waals surface area (Å²) in [4.78, 5) is 3.63. The fraction of sp³-hybridized carbons (Fsp3) is 0.574. The summed E-state index contributed by atoms with van der Waals surface area (Å²) in [7, 11) is 3.60. The van der Waals surface area contributed by atoms with Gasteiger partial charge in [-0.05, 0) is 113 Å². The molecule has 0 saturated carbocycles. The lowest BCUT2D eigenvalue weighted by molar-refractivity contribution is 0.304. The van der Waals surface area contributed by atoms with E-state index in [0.29, 0.717) is 6.61 Å². The number of methoxy groups -OCH3 is 1. The maximum Gasteiger partial charge on any atom is 0.132 e. The predicted molar refractivity (Wildman–Crippen MR) is 240 cm³/mol. The van der Waals surface area contributed by atoms with Gasteiger partial charge in [0.1, 0.15) is 17.2 Å². The summed E-state index contributed by atoms with van der Waals surface area (Å²) >= 11 is 1.68. The van der Waals surface area contributed by atoms with Crippen LogP contribution in [0.2, 0.25) is 0 Å². The van der Waals surface area contributed by atoms with Crippen molar-refractivity contribution >= 4 is 34.9 Å². The lowest BCUT2D eigenvalue weighted by Gasteiger charge is -2.42. The Balaban J connectivity index is 0.000000296. The zero-order valence-electron chi connectivity index (χ0n) is 35.7. The molecule has 1 aliphatic heterocycles. The van der Waals surface area contributed by atoms with E-state index in [1.165, 1.54) is 81.1 Å². The normalized spacial score (nSPS) is 13.0. The highest BCUT2D eigenvalue weighted by Crippen LogP contribution is 2.36. The standard InChI is InChI=1S/C22H39NO.C16H23NO.C9H13NOS/c1-4-7-9-10-11-12-18-24-22-16-14-21(15-17-22)23-19-20(6-3)13-8-5-2;1-5-11-17-15-8-7-14(18-6-2)12-13(15)9-10-16(17,3)4;1-10-7-4-5-8(11-2)9(6-7)12-3/h14-17,20,23H,4-13,18-19H2,1-3H3;7-10,12H,5-6,11H2,1-4H3;4-6,10H,1-3H3. The molecular formula is C47H75N3O3S. The molecule has 302 valence electrons. The molecule has 3 aromatic rings. The van der Waals surface area contributed by atoms with Crippen LogP contribution in [0.3, 0.4) is 0 Å². The molecule has 7 heteroatoms. The highest BCUT2D eigenvalue weighted by Gasteiger charge is 2.28. The first-order valence-electron chi connectivity index (χ1n) is 20.8. The molecule has 54 heavy (non-hydrogen) atoms. The van der Waals surface area contributed by atoms with E-state index in [9.17, 15) is 0 Å². The lowest BCUT2D eigenvalue weighted by atomic mass is 9.93. The van der Waals surface area contributed by atoms with Crippen LogP contribution < -0.4 is 29.7 Å². The Morgan fingerprint density at radius 3 is 2.07 bits per heavy atom. The molecule has 0 bridgehead atoms. The van der Waals surface area contributed by atoms with Crippen LogP contribution in [-0.4, -0.2) is 52.3 Å². The minimum Gasteiger partial charge on any atom is -0.496 e. The van der Waals surface area contributed by atoms with Crippen molar-refractivity contribution in [1.29, 1.82) is 0 Å². The molecule has 0 spiro atoms. The summed E-state index contributed by atoms with van der Waals surface area (Å²) in [6.45, 7) is 19.3. The SMILES string of the molecule is CCCCCCCCOc1ccc(NCC(CC)CCCC)cc1.CCCN1c2ccc(OCC)cc2C=CC1(C)C.CNc1ccc(OC)c(SC)c1. The molecule has 1 atom stereocenters. The number of benzene rings is 3. The highest BCUT2D eigenvalue weighted by molar-refractivity contribution is 7.98. The molecule has 1 unspecified atom stereocenters. The van der Waals surface area contributed by atoms with Crippen LogP contribution >= 0.6 is 11.8 Å². The van der Waals surface area contributed by atoms with E-state index < -0.39 is 0 Å². The number of fused-ring (bicyclic) bond motifs is 1. The summed E-state index contributed by atoms with van der Waals surface area (Å²) in [5.74, 6) is 3.67. The maximum absolute atomic E-state index is 5.84. The quantitative estimate of drug-likeness (QED) is 0.0781. The van der Waals surface area contributed by atoms with Crippen molar-refractivity contribution in [3.05, 3.63) is 72.3 Å². The molecule has 0 saturated heterocycles. The van der Waals surface area contributed by atoms with Gasteiger partial charge >= 0.3 is 0 Å². The van der Waals surface area contributed by atoms with Gasteiger partial charge < -0.3 is 29.7 Å². The number of nitrogens with zero attached hydrogens (tertiary/aromatic N) is 1. The average Bonchev–Trinajstić information content (AvgIpc) is 3.19. The fourth-order valence-electron chi connectivity index (χ4n) is 6.43. The Bertz CT molecular complexity index is 1440. The Labute approximate surface area is 335 Å². The largest absolute Gasteiger partial charge is 0.496 e. The third kappa shape index (κ3) is 16.9. The number of ether oxygens (including phenoxy) is 3. The molecule has 0 aromatic heterocycles. The number of nitrogens with one attached hydrogen (secondary N) is 2. The molecule has 0 radical (unpaired) electrons. The Kier molecular flexibility index (Phi) is 23.5. The summed E-state index contributed by atoms with van der Waals surface area (Å²) in [5.41, 5.74) is 4.98. The van der Waals surface area contributed by atoms with Gasteiger partial charge in [-0.15, -0.1) is 11.8 Å². The van der Waals surface area contributed by atoms with Crippen LogP contribution in [0.4, 0.5) is 17.1 Å². The van der Waals surface area contributed by atoms with Crippen LogP contribution in [-0.2, 0) is 0 Å². The van der Waals surface area contributed by atoms with Gasteiger partial charge in [-0.1, -0.05) is 91.2 Å². The summed E-state index contributed by atoms with van der Waals surface area (Å²) in [6.07, 6.45) is 20.8. The minimum atomic E-state index is 0.0934. The number of unbranched alkanes of at least 4 members (excludes halogenated alkanes) is 6. The topological polar surface area (TPSA) is 55.0 Å². The first-order chi connectivity index (χ1) is 26.2. The minimum absolute atomic E-state index is 0.0934. The third-order valence-electron chi connectivity index (χ3n) is 9.85. The van der Waals surface area contributed by atoms with Crippen LogP contribution in [0.5, 0.6) is 17.2 Å². The zero-order chi connectivity index (χ0) is 39.6. The maximum atomic E-state index is 5.84. The van der Waals surface area contributed by atoms with Gasteiger partial charge in [0.25, 0.3) is 0 Å². The molecule has 0 fully saturated rings. The van der Waals surface area contributed by atoms with E-state index in [1.807, 2.05) is 32.4 Å². The van der Waals surface area contributed by atoms with Gasteiger partial charge in [0, 0.05) is 42.8 Å². The van der Waals surface area contributed by atoms with E-state index in [2.05, 4.69) is 118 Å². The summed E-state index contributed by atoms with van der Waals surface area (Å²) < 4.78 is 16.6. The number of thioether (sulfide) groups is 1. The predicted octanol–water partition coefficient (Wildman–Crippen LogP) is 13.6. The monoisotopic (exact) mass is 762 g/mol. The number of hydrogen-bond donors (Lipinski definition) is 2. The highest BCUT2D eigenvalue weighted by atomic mass is 32.2. The number of hydrogen-bond acceptors (Lipinski definition) is 7. The number of rotatable bonds is 22. The molecule has 1 heterocycles. The lowest BCUT2D eigenvalue weighted by Crippen LogP contribution is -2.44. The van der Waals surface area contributed by atoms with Gasteiger partial charge in [0.15, 0.2) is 0 Å². The van der Waals surface area contributed by atoms with Crippen molar-refractivity contribution in [2.24, 2.45) is 5.92 Å². The van der Waals surface area contributed by atoms with Crippen LogP contribution in [0.25, 0.3) is 6.08 Å². The van der Waals surface area contributed by atoms with Gasteiger partial charge in [0.05, 0.1) is 30.8 Å². The van der Waals surface area contributed by atoms with Gasteiger partial charge in [-0.25, -0.2) is 0 Å². The Hall–Kier alpha value is -3.45. The molecule has 0 amide bonds. The fourth-order valence-corrected chi connectivity index (χ4v) is 7.03. The second-order valence-electron chi connectivity index (χ2n) is 14.6. The van der Waals surface area contributed by atoms with E-state index in [-0.39, 0.29) is 5.54 Å². The third-order valence-corrected chi connectivity index (χ3v) is 10.6. The van der Waals surface area contributed by atoms with Crippen molar-refractivity contribution in [1.82, 2.24) is 0 Å². The van der Waals surface area contributed by atoms with Crippen molar-refractivity contribution < 1.29 is 14.2 Å². The first kappa shape index (κ1) is 46.7. The van der Waals surface area contributed by atoms with Crippen LogP contribution in [0, 0.1) is 5.92 Å². The van der Waals surface area contributed by atoms with Crippen LogP contribution in [0.1, 0.15) is 125 Å². The molecule has 0 aliphatic carbocycles. The summed E-state index contributed by atoms with van der Waals surface area (Å²) in [5, 5.41) is 6.66. The summed E-state index contributed by atoms with van der Waals surface area (Å²) in [6, 6.07) is 20.9. The zero-order valence-corrected chi connectivity index (χ0v) is 36.5. The molecule has 6 nitrogen and oxygen atoms in total. The molecular weight excluding hydrogens is 687 g/mol. The van der Waals surface area contributed by atoms with E-state index in [4.69, 9.17) is 14.2 Å². The van der Waals surface area contributed by atoms with Gasteiger partial charge in [-0.2, -0.15) is 0 Å².